The Labute approximate surface area is 106 Å². The van der Waals surface area contributed by atoms with Crippen molar-refractivity contribution in [2.24, 2.45) is 0 Å². The maximum absolute atomic E-state index is 11.7. The number of benzene rings is 1. The number of methoxy groups -OCH3 is 1. The van der Waals surface area contributed by atoms with Gasteiger partial charge in [-0.3, -0.25) is 4.79 Å². The number of aromatic nitrogens is 2. The van der Waals surface area contributed by atoms with E-state index in [4.69, 9.17) is 4.74 Å². The highest BCUT2D eigenvalue weighted by atomic mass is 16.5. The quantitative estimate of drug-likeness (QED) is 0.882. The third-order valence-electron chi connectivity index (χ3n) is 3.11. The van der Waals surface area contributed by atoms with Crippen molar-refractivity contribution < 1.29 is 4.74 Å². The van der Waals surface area contributed by atoms with Gasteiger partial charge >= 0.3 is 0 Å². The normalized spacial score (nSPS) is 10.4. The van der Waals surface area contributed by atoms with Gasteiger partial charge in [0.1, 0.15) is 5.75 Å². The van der Waals surface area contributed by atoms with Crippen molar-refractivity contribution in [3.05, 3.63) is 45.4 Å². The van der Waals surface area contributed by atoms with Crippen LogP contribution in [0.1, 0.15) is 16.8 Å². The molecular formula is C14H16N2O2. The van der Waals surface area contributed by atoms with Gasteiger partial charge < -0.3 is 4.74 Å². The lowest BCUT2D eigenvalue weighted by molar-refractivity contribution is 0.414. The average molecular weight is 244 g/mol. The van der Waals surface area contributed by atoms with Gasteiger partial charge in [-0.2, -0.15) is 5.10 Å². The van der Waals surface area contributed by atoms with Crippen molar-refractivity contribution in [2.45, 2.75) is 20.8 Å². The Morgan fingerprint density at radius 3 is 2.56 bits per heavy atom. The number of hydrogen-bond donors (Lipinski definition) is 1. The van der Waals surface area contributed by atoms with Crippen LogP contribution in [-0.4, -0.2) is 17.3 Å². The van der Waals surface area contributed by atoms with Crippen LogP contribution in [0, 0.1) is 20.8 Å². The first-order valence-corrected chi connectivity index (χ1v) is 5.75. The molecule has 94 valence electrons. The fourth-order valence-corrected chi connectivity index (χ4v) is 2.10. The first-order valence-electron chi connectivity index (χ1n) is 5.75. The molecule has 1 aromatic carbocycles. The van der Waals surface area contributed by atoms with Crippen LogP contribution in [0.15, 0.2) is 23.0 Å². The molecule has 4 nitrogen and oxygen atoms in total. The molecule has 0 fully saturated rings. The largest absolute Gasteiger partial charge is 0.497 e. The zero-order valence-electron chi connectivity index (χ0n) is 11.0. The topological polar surface area (TPSA) is 55.0 Å². The maximum Gasteiger partial charge on any atom is 0.267 e. The van der Waals surface area contributed by atoms with Crippen molar-refractivity contribution in [1.82, 2.24) is 10.2 Å². The molecular weight excluding hydrogens is 228 g/mol. The van der Waals surface area contributed by atoms with Crippen LogP contribution in [0.25, 0.3) is 11.1 Å². The van der Waals surface area contributed by atoms with Gasteiger partial charge in [-0.1, -0.05) is 6.07 Å². The summed E-state index contributed by atoms with van der Waals surface area (Å²) in [6, 6.07) is 5.81. The van der Waals surface area contributed by atoms with E-state index >= 15 is 0 Å². The van der Waals surface area contributed by atoms with E-state index in [1.807, 2.05) is 39.0 Å². The van der Waals surface area contributed by atoms with Gasteiger partial charge in [0.15, 0.2) is 0 Å². The number of H-pyrrole nitrogens is 1. The Morgan fingerprint density at radius 1 is 1.22 bits per heavy atom. The lowest BCUT2D eigenvalue weighted by atomic mass is 9.96. The Kier molecular flexibility index (Phi) is 3.19. The van der Waals surface area contributed by atoms with E-state index < -0.39 is 0 Å². The summed E-state index contributed by atoms with van der Waals surface area (Å²) in [6.07, 6.45) is 0. The zero-order chi connectivity index (χ0) is 13.3. The van der Waals surface area contributed by atoms with Gasteiger partial charge in [0, 0.05) is 11.1 Å². The Bertz CT molecular complexity index is 645. The number of ether oxygens (including phenoxy) is 1. The molecule has 0 saturated heterocycles. The molecule has 2 aromatic rings. The van der Waals surface area contributed by atoms with Crippen LogP contribution in [0.3, 0.4) is 0 Å². The predicted molar refractivity (Wildman–Crippen MR) is 71.1 cm³/mol. The molecule has 0 saturated carbocycles. The molecule has 0 aliphatic rings. The third kappa shape index (κ3) is 2.01. The van der Waals surface area contributed by atoms with Crippen LogP contribution in [-0.2, 0) is 0 Å². The van der Waals surface area contributed by atoms with Crippen LogP contribution in [0.4, 0.5) is 0 Å². The van der Waals surface area contributed by atoms with Crippen LogP contribution < -0.4 is 10.3 Å². The molecule has 0 bridgehead atoms. The number of aromatic amines is 1. The van der Waals surface area contributed by atoms with Crippen molar-refractivity contribution in [3.8, 4) is 16.9 Å². The SMILES string of the molecule is COc1ccc(-c2c(C)n[nH]c(=O)c2C)c(C)c1. The molecule has 1 N–H and O–H groups in total. The van der Waals surface area contributed by atoms with E-state index in [9.17, 15) is 4.79 Å². The Morgan fingerprint density at radius 2 is 1.94 bits per heavy atom. The summed E-state index contributed by atoms with van der Waals surface area (Å²) in [4.78, 5) is 11.7. The lowest BCUT2D eigenvalue weighted by Gasteiger charge is -2.12. The molecule has 0 spiro atoms. The fourth-order valence-electron chi connectivity index (χ4n) is 2.10. The van der Waals surface area contributed by atoms with Crippen molar-refractivity contribution in [1.29, 1.82) is 0 Å². The molecule has 0 amide bonds. The second kappa shape index (κ2) is 4.64. The Hall–Kier alpha value is -2.10. The zero-order valence-corrected chi connectivity index (χ0v) is 11.0. The molecule has 18 heavy (non-hydrogen) atoms. The minimum absolute atomic E-state index is 0.147. The fraction of sp³-hybridized carbons (Fsp3) is 0.286. The van der Waals surface area contributed by atoms with E-state index in [0.717, 1.165) is 28.1 Å². The molecule has 2 rings (SSSR count). The third-order valence-corrected chi connectivity index (χ3v) is 3.11. The van der Waals surface area contributed by atoms with Gasteiger partial charge in [0.25, 0.3) is 5.56 Å². The number of nitrogens with one attached hydrogen (secondary N) is 1. The second-order valence-electron chi connectivity index (χ2n) is 4.32. The minimum atomic E-state index is -0.147. The van der Waals surface area contributed by atoms with Crippen molar-refractivity contribution >= 4 is 0 Å². The monoisotopic (exact) mass is 244 g/mol. The highest BCUT2D eigenvalue weighted by Gasteiger charge is 2.12. The summed E-state index contributed by atoms with van der Waals surface area (Å²) in [5.74, 6) is 0.810. The van der Waals surface area contributed by atoms with Crippen LogP contribution >= 0.6 is 0 Å². The number of aryl methyl sites for hydroxylation is 2. The number of rotatable bonds is 2. The molecule has 0 radical (unpaired) electrons. The Balaban J connectivity index is 2.70. The standard InChI is InChI=1S/C14H16N2O2/c1-8-7-11(18-4)5-6-12(8)13-9(2)14(17)16-15-10(13)3/h5-7H,1-4H3,(H,16,17). The van der Waals surface area contributed by atoms with E-state index in [1.165, 1.54) is 0 Å². The van der Waals surface area contributed by atoms with Crippen LogP contribution in [0.2, 0.25) is 0 Å². The first-order chi connectivity index (χ1) is 8.54. The molecule has 1 aromatic heterocycles. The smallest absolute Gasteiger partial charge is 0.267 e. The van der Waals surface area contributed by atoms with E-state index in [0.29, 0.717) is 5.56 Å². The highest BCUT2D eigenvalue weighted by molar-refractivity contribution is 5.72. The van der Waals surface area contributed by atoms with E-state index in [-0.39, 0.29) is 5.56 Å². The van der Waals surface area contributed by atoms with Gasteiger partial charge in [0.2, 0.25) is 0 Å². The molecule has 0 unspecified atom stereocenters. The summed E-state index contributed by atoms with van der Waals surface area (Å²) in [6.45, 7) is 5.70. The number of hydrogen-bond acceptors (Lipinski definition) is 3. The summed E-state index contributed by atoms with van der Waals surface area (Å²) in [7, 11) is 1.64. The summed E-state index contributed by atoms with van der Waals surface area (Å²) in [5, 5.41) is 6.52. The van der Waals surface area contributed by atoms with Crippen LogP contribution in [0.5, 0.6) is 5.75 Å². The molecule has 1 heterocycles. The van der Waals surface area contributed by atoms with Crippen molar-refractivity contribution in [3.63, 3.8) is 0 Å². The second-order valence-corrected chi connectivity index (χ2v) is 4.32. The molecule has 4 heteroatoms. The first kappa shape index (κ1) is 12.4. The summed E-state index contributed by atoms with van der Waals surface area (Å²) >= 11 is 0. The van der Waals surface area contributed by atoms with E-state index in [2.05, 4.69) is 10.2 Å². The van der Waals surface area contributed by atoms with Gasteiger partial charge in [-0.15, -0.1) is 0 Å². The number of nitrogens with zero attached hydrogens (tertiary/aromatic N) is 1. The van der Waals surface area contributed by atoms with Gasteiger partial charge in [-0.05, 0) is 44.0 Å². The highest BCUT2D eigenvalue weighted by Crippen LogP contribution is 2.29. The average Bonchev–Trinajstić information content (AvgIpc) is 2.36. The summed E-state index contributed by atoms with van der Waals surface area (Å²) < 4.78 is 5.19. The molecule has 0 atom stereocenters. The van der Waals surface area contributed by atoms with Gasteiger partial charge in [-0.25, -0.2) is 5.10 Å². The van der Waals surface area contributed by atoms with E-state index in [1.54, 1.807) is 7.11 Å². The summed E-state index contributed by atoms with van der Waals surface area (Å²) in [5.41, 5.74) is 4.35. The minimum Gasteiger partial charge on any atom is -0.497 e. The lowest BCUT2D eigenvalue weighted by Crippen LogP contribution is -2.14. The van der Waals surface area contributed by atoms with Crippen molar-refractivity contribution in [2.75, 3.05) is 7.11 Å². The molecule has 0 aliphatic carbocycles. The van der Waals surface area contributed by atoms with Gasteiger partial charge in [0.05, 0.1) is 12.8 Å². The predicted octanol–water partition coefficient (Wildman–Crippen LogP) is 2.37. The molecule has 0 aliphatic heterocycles. The maximum atomic E-state index is 11.7.